The lowest BCUT2D eigenvalue weighted by atomic mass is 9.89. The molecule has 1 saturated heterocycles. The first-order valence-electron chi connectivity index (χ1n) is 10.0. The Hall–Kier alpha value is -1.44. The molecule has 3 unspecified atom stereocenters. The monoisotopic (exact) mass is 424 g/mol. The summed E-state index contributed by atoms with van der Waals surface area (Å²) < 4.78 is 0. The Morgan fingerprint density at radius 3 is 2.89 bits per heavy atom. The number of thiophene rings is 1. The lowest BCUT2D eigenvalue weighted by Gasteiger charge is -2.38. The first kappa shape index (κ1) is 21.3. The molecule has 2 aromatic rings. The van der Waals surface area contributed by atoms with Gasteiger partial charge in [-0.05, 0) is 44.6 Å². The number of halogens is 1. The number of aromatic amines is 1. The second-order valence-corrected chi connectivity index (χ2v) is 9.20. The van der Waals surface area contributed by atoms with Crippen LogP contribution in [0.5, 0.6) is 0 Å². The second-order valence-electron chi connectivity index (χ2n) is 8.12. The predicted molar refractivity (Wildman–Crippen MR) is 116 cm³/mol. The van der Waals surface area contributed by atoms with Crippen molar-refractivity contribution in [1.29, 1.82) is 0 Å². The smallest absolute Gasteiger partial charge is 0.259 e. The van der Waals surface area contributed by atoms with E-state index in [1.807, 2.05) is 4.90 Å². The lowest BCUT2D eigenvalue weighted by Crippen LogP contribution is -2.57. The highest BCUT2D eigenvalue weighted by Crippen LogP contribution is 2.35. The van der Waals surface area contributed by atoms with Crippen molar-refractivity contribution >= 4 is 39.9 Å². The average molecular weight is 425 g/mol. The summed E-state index contributed by atoms with van der Waals surface area (Å²) in [5.41, 5.74) is 1.16. The van der Waals surface area contributed by atoms with Crippen LogP contribution in [0.15, 0.2) is 4.79 Å². The van der Waals surface area contributed by atoms with Crippen LogP contribution in [0.25, 0.3) is 10.2 Å². The molecule has 3 atom stereocenters. The van der Waals surface area contributed by atoms with Gasteiger partial charge in [-0.25, -0.2) is 4.98 Å². The highest BCUT2D eigenvalue weighted by Gasteiger charge is 2.28. The SMILES string of the molecule is CC1CCc2c(sc3nc(CCC(=O)N4CCNC(C)C4C)[nH]c(=O)c23)C1.Cl. The number of rotatable bonds is 3. The van der Waals surface area contributed by atoms with Crippen molar-refractivity contribution in [2.45, 2.75) is 65.0 Å². The third-order valence-corrected chi connectivity index (χ3v) is 7.29. The number of carbonyl (C=O) groups is 1. The molecule has 3 heterocycles. The van der Waals surface area contributed by atoms with Crippen LogP contribution in [-0.4, -0.2) is 45.9 Å². The first-order valence-corrected chi connectivity index (χ1v) is 10.8. The number of fused-ring (bicyclic) bond motifs is 3. The summed E-state index contributed by atoms with van der Waals surface area (Å²) in [6.07, 6.45) is 4.01. The van der Waals surface area contributed by atoms with Crippen LogP contribution >= 0.6 is 23.7 Å². The summed E-state index contributed by atoms with van der Waals surface area (Å²) in [6, 6.07) is 0.489. The van der Waals surface area contributed by atoms with E-state index in [0.717, 1.165) is 42.6 Å². The van der Waals surface area contributed by atoms with Gasteiger partial charge in [0, 0.05) is 42.9 Å². The molecule has 0 radical (unpaired) electrons. The van der Waals surface area contributed by atoms with Gasteiger partial charge in [-0.1, -0.05) is 6.92 Å². The first-order chi connectivity index (χ1) is 12.9. The van der Waals surface area contributed by atoms with Crippen molar-refractivity contribution in [2.24, 2.45) is 5.92 Å². The van der Waals surface area contributed by atoms with Gasteiger partial charge in [0.1, 0.15) is 10.7 Å². The number of carbonyl (C=O) groups excluding carboxylic acids is 1. The van der Waals surface area contributed by atoms with Crippen molar-refractivity contribution in [3.05, 3.63) is 26.6 Å². The molecule has 1 aliphatic carbocycles. The van der Waals surface area contributed by atoms with Gasteiger partial charge < -0.3 is 15.2 Å². The summed E-state index contributed by atoms with van der Waals surface area (Å²) in [6.45, 7) is 8.02. The molecule has 4 rings (SSSR count). The molecule has 1 amide bonds. The molecule has 154 valence electrons. The number of aromatic nitrogens is 2. The molecule has 2 aliphatic rings. The minimum atomic E-state index is -0.0429. The topological polar surface area (TPSA) is 78.1 Å². The van der Waals surface area contributed by atoms with Crippen LogP contribution in [0.1, 0.15) is 49.9 Å². The maximum atomic E-state index is 12.7. The Morgan fingerprint density at radius 2 is 2.11 bits per heavy atom. The van der Waals surface area contributed by atoms with Gasteiger partial charge in [-0.3, -0.25) is 9.59 Å². The summed E-state index contributed by atoms with van der Waals surface area (Å²) in [7, 11) is 0. The quantitative estimate of drug-likeness (QED) is 0.794. The Labute approximate surface area is 175 Å². The molecule has 28 heavy (non-hydrogen) atoms. The van der Waals surface area contributed by atoms with Gasteiger partial charge in [0.25, 0.3) is 5.56 Å². The van der Waals surface area contributed by atoms with Crippen molar-refractivity contribution < 1.29 is 4.79 Å². The maximum absolute atomic E-state index is 12.7. The fourth-order valence-corrected chi connectivity index (χ4v) is 5.69. The van der Waals surface area contributed by atoms with Crippen LogP contribution in [0.3, 0.4) is 0 Å². The number of hydrogen-bond acceptors (Lipinski definition) is 5. The third kappa shape index (κ3) is 3.98. The molecular formula is C20H29ClN4O2S. The molecule has 2 N–H and O–H groups in total. The molecule has 1 aliphatic heterocycles. The number of aryl methyl sites for hydroxylation is 2. The Kier molecular flexibility index (Phi) is 6.47. The largest absolute Gasteiger partial charge is 0.337 e. The molecule has 0 spiro atoms. The van der Waals surface area contributed by atoms with Crippen molar-refractivity contribution in [3.63, 3.8) is 0 Å². The van der Waals surface area contributed by atoms with E-state index in [9.17, 15) is 9.59 Å². The number of amides is 1. The summed E-state index contributed by atoms with van der Waals surface area (Å²) in [5.74, 6) is 1.44. The van der Waals surface area contributed by atoms with E-state index < -0.39 is 0 Å². The van der Waals surface area contributed by atoms with E-state index in [2.05, 4.69) is 31.1 Å². The van der Waals surface area contributed by atoms with E-state index in [1.54, 1.807) is 11.3 Å². The van der Waals surface area contributed by atoms with Gasteiger partial charge in [0.2, 0.25) is 5.91 Å². The van der Waals surface area contributed by atoms with E-state index >= 15 is 0 Å². The highest BCUT2D eigenvalue weighted by molar-refractivity contribution is 7.18. The second kappa shape index (κ2) is 8.51. The Balaban J connectivity index is 0.00000225. The fraction of sp³-hybridized carbons (Fsp3) is 0.650. The molecule has 2 aromatic heterocycles. The maximum Gasteiger partial charge on any atom is 0.259 e. The molecule has 0 aromatic carbocycles. The van der Waals surface area contributed by atoms with Gasteiger partial charge in [-0.15, -0.1) is 23.7 Å². The highest BCUT2D eigenvalue weighted by atomic mass is 35.5. The van der Waals surface area contributed by atoms with Crippen molar-refractivity contribution in [1.82, 2.24) is 20.2 Å². The Morgan fingerprint density at radius 1 is 1.32 bits per heavy atom. The lowest BCUT2D eigenvalue weighted by molar-refractivity contribution is -0.134. The number of hydrogen-bond donors (Lipinski definition) is 2. The normalized spacial score (nSPS) is 24.7. The summed E-state index contributed by atoms with van der Waals surface area (Å²) >= 11 is 1.66. The molecule has 0 saturated carbocycles. The summed E-state index contributed by atoms with van der Waals surface area (Å²) in [4.78, 5) is 37.0. The van der Waals surface area contributed by atoms with Crippen molar-refractivity contribution in [2.75, 3.05) is 13.1 Å². The fourth-order valence-electron chi connectivity index (χ4n) is 4.29. The minimum absolute atomic E-state index is 0. The zero-order valence-corrected chi connectivity index (χ0v) is 18.3. The Bertz CT molecular complexity index is 925. The van der Waals surface area contributed by atoms with Crippen LogP contribution in [-0.2, 0) is 24.1 Å². The number of nitrogens with zero attached hydrogens (tertiary/aromatic N) is 2. The summed E-state index contributed by atoms with van der Waals surface area (Å²) in [5, 5.41) is 4.17. The van der Waals surface area contributed by atoms with E-state index in [1.165, 1.54) is 10.4 Å². The third-order valence-electron chi connectivity index (χ3n) is 6.14. The van der Waals surface area contributed by atoms with E-state index in [0.29, 0.717) is 30.6 Å². The number of nitrogens with one attached hydrogen (secondary N) is 2. The van der Waals surface area contributed by atoms with Crippen LogP contribution < -0.4 is 10.9 Å². The van der Waals surface area contributed by atoms with Crippen LogP contribution in [0.2, 0.25) is 0 Å². The van der Waals surface area contributed by atoms with Crippen LogP contribution in [0.4, 0.5) is 0 Å². The minimum Gasteiger partial charge on any atom is -0.337 e. The average Bonchev–Trinajstić information content (AvgIpc) is 2.99. The zero-order chi connectivity index (χ0) is 19.1. The van der Waals surface area contributed by atoms with Crippen molar-refractivity contribution in [3.8, 4) is 0 Å². The van der Waals surface area contributed by atoms with Gasteiger partial charge in [0.05, 0.1) is 5.39 Å². The van der Waals surface area contributed by atoms with Gasteiger partial charge >= 0.3 is 0 Å². The van der Waals surface area contributed by atoms with Gasteiger partial charge in [-0.2, -0.15) is 0 Å². The van der Waals surface area contributed by atoms with Crippen LogP contribution in [0, 0.1) is 5.92 Å². The molecule has 1 fully saturated rings. The number of H-pyrrole nitrogens is 1. The van der Waals surface area contributed by atoms with Gasteiger partial charge in [0.15, 0.2) is 0 Å². The standard InChI is InChI=1S/C20H28N4O2S.ClH/c1-11-4-5-14-15(10-11)27-20-18(14)19(26)22-16(23-20)6-7-17(25)24-9-8-21-12(2)13(24)3;/h11-13,21H,4-10H2,1-3H3,(H,22,23,26);1H. The zero-order valence-electron chi connectivity index (χ0n) is 16.7. The van der Waals surface area contributed by atoms with E-state index in [-0.39, 0.29) is 29.9 Å². The molecule has 0 bridgehead atoms. The predicted octanol–water partition coefficient (Wildman–Crippen LogP) is 2.67. The molecule has 8 heteroatoms. The number of piperazine rings is 1. The molecule has 6 nitrogen and oxygen atoms in total. The van der Waals surface area contributed by atoms with E-state index in [4.69, 9.17) is 4.98 Å². The molecular weight excluding hydrogens is 396 g/mol.